The lowest BCUT2D eigenvalue weighted by atomic mass is 10.1. The van der Waals surface area contributed by atoms with Crippen molar-refractivity contribution in [3.05, 3.63) is 42.5 Å². The lowest BCUT2D eigenvalue weighted by Gasteiger charge is -2.21. The third-order valence-corrected chi connectivity index (χ3v) is 3.33. The molecule has 0 atom stereocenters. The Balaban J connectivity index is 1.79. The summed E-state index contributed by atoms with van der Waals surface area (Å²) in [5.74, 6) is 0. The third-order valence-electron chi connectivity index (χ3n) is 2.21. The summed E-state index contributed by atoms with van der Waals surface area (Å²) in [7, 11) is -1.16. The summed E-state index contributed by atoms with van der Waals surface area (Å²) in [6.07, 6.45) is 0.946. The SMILES string of the molecule is C=C(COP1OCCCO1)c1ccccc1. The van der Waals surface area contributed by atoms with Crippen LogP contribution in [0.4, 0.5) is 0 Å². The maximum Gasteiger partial charge on any atom is 0.332 e. The molecule has 0 amide bonds. The number of benzene rings is 1. The standard InChI is InChI=1S/C12H15O3P/c1-11(12-6-3-2-4-7-12)10-15-16-13-8-5-9-14-16/h2-4,6-7H,1,5,8-10H2. The quantitative estimate of drug-likeness (QED) is 0.752. The lowest BCUT2D eigenvalue weighted by molar-refractivity contribution is 0.123. The Morgan fingerprint density at radius 2 is 1.94 bits per heavy atom. The summed E-state index contributed by atoms with van der Waals surface area (Å²) in [5.41, 5.74) is 2.04. The van der Waals surface area contributed by atoms with Crippen LogP contribution in [0.1, 0.15) is 12.0 Å². The average molecular weight is 238 g/mol. The van der Waals surface area contributed by atoms with Gasteiger partial charge < -0.3 is 13.6 Å². The van der Waals surface area contributed by atoms with Crippen LogP contribution in [0.25, 0.3) is 5.57 Å². The second-order valence-corrected chi connectivity index (χ2v) is 4.71. The summed E-state index contributed by atoms with van der Waals surface area (Å²) in [4.78, 5) is 0. The summed E-state index contributed by atoms with van der Waals surface area (Å²) in [5, 5.41) is 0. The Hall–Kier alpha value is -0.730. The second kappa shape index (κ2) is 6.12. The molecule has 1 fully saturated rings. The Labute approximate surface area is 97.0 Å². The maximum absolute atomic E-state index is 5.52. The van der Waals surface area contributed by atoms with Crippen LogP contribution in [0, 0.1) is 0 Å². The molecule has 0 aromatic heterocycles. The Bertz CT molecular complexity index is 333. The van der Waals surface area contributed by atoms with Crippen LogP contribution >= 0.6 is 8.60 Å². The zero-order valence-corrected chi connectivity index (χ0v) is 9.99. The van der Waals surface area contributed by atoms with Crippen LogP contribution in [-0.2, 0) is 13.6 Å². The molecule has 0 spiro atoms. The van der Waals surface area contributed by atoms with Crippen molar-refractivity contribution in [2.24, 2.45) is 0 Å². The first-order valence-electron chi connectivity index (χ1n) is 5.28. The monoisotopic (exact) mass is 238 g/mol. The number of rotatable bonds is 4. The molecule has 16 heavy (non-hydrogen) atoms. The summed E-state index contributed by atoms with van der Waals surface area (Å²) >= 11 is 0. The molecule has 86 valence electrons. The highest BCUT2D eigenvalue weighted by Gasteiger charge is 2.17. The highest BCUT2D eigenvalue weighted by atomic mass is 31.2. The van der Waals surface area contributed by atoms with Crippen molar-refractivity contribution in [3.8, 4) is 0 Å². The van der Waals surface area contributed by atoms with E-state index in [0.717, 1.165) is 30.8 Å². The van der Waals surface area contributed by atoms with E-state index in [1.807, 2.05) is 30.3 Å². The van der Waals surface area contributed by atoms with Crippen LogP contribution in [0.2, 0.25) is 0 Å². The van der Waals surface area contributed by atoms with Gasteiger partial charge in [0.15, 0.2) is 0 Å². The van der Waals surface area contributed by atoms with Gasteiger partial charge in [0.25, 0.3) is 0 Å². The fraction of sp³-hybridized carbons (Fsp3) is 0.333. The first-order valence-corrected chi connectivity index (χ1v) is 6.38. The molecule has 1 aromatic rings. The molecule has 0 aliphatic carbocycles. The molecular formula is C12H15O3P. The lowest BCUT2D eigenvalue weighted by Crippen LogP contribution is -2.07. The molecule has 2 rings (SSSR count). The van der Waals surface area contributed by atoms with E-state index in [-0.39, 0.29) is 0 Å². The third kappa shape index (κ3) is 3.39. The van der Waals surface area contributed by atoms with Gasteiger partial charge in [0.1, 0.15) is 0 Å². The minimum atomic E-state index is -1.16. The zero-order chi connectivity index (χ0) is 11.2. The zero-order valence-electron chi connectivity index (χ0n) is 9.09. The van der Waals surface area contributed by atoms with Crippen molar-refractivity contribution in [1.29, 1.82) is 0 Å². The fourth-order valence-electron chi connectivity index (χ4n) is 1.34. The molecular weight excluding hydrogens is 223 g/mol. The first-order chi connectivity index (χ1) is 7.86. The van der Waals surface area contributed by atoms with Crippen LogP contribution < -0.4 is 0 Å². The average Bonchev–Trinajstić information content (AvgIpc) is 2.38. The van der Waals surface area contributed by atoms with Crippen molar-refractivity contribution in [3.63, 3.8) is 0 Å². The molecule has 0 unspecified atom stereocenters. The molecule has 1 saturated heterocycles. The van der Waals surface area contributed by atoms with E-state index in [4.69, 9.17) is 13.6 Å². The molecule has 0 bridgehead atoms. The highest BCUT2D eigenvalue weighted by Crippen LogP contribution is 2.42. The Kier molecular flexibility index (Phi) is 4.49. The van der Waals surface area contributed by atoms with E-state index in [1.165, 1.54) is 0 Å². The van der Waals surface area contributed by atoms with E-state index in [0.29, 0.717) is 6.61 Å². The maximum atomic E-state index is 5.52. The number of hydrogen-bond donors (Lipinski definition) is 0. The molecule has 4 heteroatoms. The summed E-state index contributed by atoms with van der Waals surface area (Å²) in [6.45, 7) is 5.89. The molecule has 0 radical (unpaired) electrons. The van der Waals surface area contributed by atoms with E-state index < -0.39 is 8.60 Å². The van der Waals surface area contributed by atoms with Crippen molar-refractivity contribution < 1.29 is 13.6 Å². The van der Waals surface area contributed by atoms with Gasteiger partial charge in [0.05, 0.1) is 19.8 Å². The van der Waals surface area contributed by atoms with Crippen LogP contribution in [-0.4, -0.2) is 19.8 Å². The van der Waals surface area contributed by atoms with Crippen molar-refractivity contribution in [2.45, 2.75) is 6.42 Å². The summed E-state index contributed by atoms with van der Waals surface area (Å²) < 4.78 is 16.2. The molecule has 0 saturated carbocycles. The normalized spacial score (nSPS) is 17.2. The van der Waals surface area contributed by atoms with Gasteiger partial charge in [-0.3, -0.25) is 0 Å². The molecule has 1 aliphatic rings. The predicted octanol–water partition coefficient (Wildman–Crippen LogP) is 3.38. The molecule has 0 N–H and O–H groups in total. The summed E-state index contributed by atoms with van der Waals surface area (Å²) in [6, 6.07) is 9.98. The predicted molar refractivity (Wildman–Crippen MR) is 64.9 cm³/mol. The molecule has 1 aliphatic heterocycles. The van der Waals surface area contributed by atoms with Gasteiger partial charge in [-0.2, -0.15) is 0 Å². The first kappa shape index (κ1) is 11.7. The van der Waals surface area contributed by atoms with Crippen LogP contribution in [0.5, 0.6) is 0 Å². The van der Waals surface area contributed by atoms with E-state index in [9.17, 15) is 0 Å². The number of hydrogen-bond acceptors (Lipinski definition) is 3. The Morgan fingerprint density at radius 3 is 2.62 bits per heavy atom. The van der Waals surface area contributed by atoms with Crippen LogP contribution in [0.3, 0.4) is 0 Å². The highest BCUT2D eigenvalue weighted by molar-refractivity contribution is 7.41. The van der Waals surface area contributed by atoms with Crippen molar-refractivity contribution in [1.82, 2.24) is 0 Å². The molecule has 1 heterocycles. The molecule has 1 aromatic carbocycles. The Morgan fingerprint density at radius 1 is 1.25 bits per heavy atom. The fourth-order valence-corrected chi connectivity index (χ4v) is 2.38. The largest absolute Gasteiger partial charge is 0.332 e. The van der Waals surface area contributed by atoms with E-state index in [2.05, 4.69) is 6.58 Å². The van der Waals surface area contributed by atoms with Gasteiger partial charge in [-0.15, -0.1) is 0 Å². The smallest absolute Gasteiger partial charge is 0.312 e. The minimum Gasteiger partial charge on any atom is -0.312 e. The molecule has 3 nitrogen and oxygen atoms in total. The van der Waals surface area contributed by atoms with Crippen molar-refractivity contribution in [2.75, 3.05) is 19.8 Å². The van der Waals surface area contributed by atoms with E-state index in [1.54, 1.807) is 0 Å². The van der Waals surface area contributed by atoms with Gasteiger partial charge in [0, 0.05) is 0 Å². The van der Waals surface area contributed by atoms with E-state index >= 15 is 0 Å². The second-order valence-electron chi connectivity index (χ2n) is 3.49. The van der Waals surface area contributed by atoms with Gasteiger partial charge in [-0.1, -0.05) is 36.9 Å². The topological polar surface area (TPSA) is 27.7 Å². The van der Waals surface area contributed by atoms with Gasteiger partial charge in [0.2, 0.25) is 0 Å². The van der Waals surface area contributed by atoms with Crippen molar-refractivity contribution >= 4 is 14.2 Å². The van der Waals surface area contributed by atoms with Gasteiger partial charge >= 0.3 is 8.60 Å². The van der Waals surface area contributed by atoms with Gasteiger partial charge in [-0.05, 0) is 17.6 Å². The van der Waals surface area contributed by atoms with Gasteiger partial charge in [-0.25, -0.2) is 0 Å². The minimum absolute atomic E-state index is 0.454. The van der Waals surface area contributed by atoms with Crippen LogP contribution in [0.15, 0.2) is 36.9 Å².